The van der Waals surface area contributed by atoms with Gasteiger partial charge in [0.05, 0.1) is 7.11 Å². The van der Waals surface area contributed by atoms with Gasteiger partial charge in [-0.3, -0.25) is 4.79 Å². The standard InChI is InChI=1S/C7H13NO5/c1-8(2)6(11)4(9)5(10)7(12)13-3/h4-5,9-10H,1-3H3/t4-,5-/m1/s1. The topological polar surface area (TPSA) is 87.1 Å². The van der Waals surface area contributed by atoms with E-state index in [0.29, 0.717) is 0 Å². The van der Waals surface area contributed by atoms with Crippen LogP contribution in [0.15, 0.2) is 0 Å². The summed E-state index contributed by atoms with van der Waals surface area (Å²) in [6.45, 7) is 0. The van der Waals surface area contributed by atoms with Gasteiger partial charge in [0.1, 0.15) is 0 Å². The highest BCUT2D eigenvalue weighted by Crippen LogP contribution is 1.99. The number of likely N-dealkylation sites (N-methyl/N-ethyl adjacent to an activating group) is 1. The van der Waals surface area contributed by atoms with Gasteiger partial charge in [0, 0.05) is 14.1 Å². The van der Waals surface area contributed by atoms with Crippen LogP contribution in [0.5, 0.6) is 0 Å². The molecular weight excluding hydrogens is 178 g/mol. The lowest BCUT2D eigenvalue weighted by molar-refractivity contribution is -0.163. The minimum atomic E-state index is -1.83. The predicted octanol–water partition coefficient (Wildman–Crippen LogP) is -2.03. The monoisotopic (exact) mass is 191 g/mol. The number of carbonyl (C=O) groups excluding carboxylic acids is 2. The van der Waals surface area contributed by atoms with Crippen LogP contribution in [0.2, 0.25) is 0 Å². The van der Waals surface area contributed by atoms with Crippen molar-refractivity contribution in [1.82, 2.24) is 4.90 Å². The quantitative estimate of drug-likeness (QED) is 0.502. The molecular formula is C7H13NO5. The van der Waals surface area contributed by atoms with Gasteiger partial charge in [-0.1, -0.05) is 0 Å². The van der Waals surface area contributed by atoms with E-state index >= 15 is 0 Å². The van der Waals surface area contributed by atoms with E-state index in [1.807, 2.05) is 0 Å². The molecule has 1 amide bonds. The van der Waals surface area contributed by atoms with Crippen LogP contribution in [-0.2, 0) is 14.3 Å². The largest absolute Gasteiger partial charge is 0.467 e. The number of aliphatic hydroxyl groups excluding tert-OH is 2. The van der Waals surface area contributed by atoms with E-state index in [9.17, 15) is 9.59 Å². The maximum absolute atomic E-state index is 11.0. The third-order valence-corrected chi connectivity index (χ3v) is 1.44. The first kappa shape index (κ1) is 11.9. The van der Waals surface area contributed by atoms with E-state index in [1.54, 1.807) is 0 Å². The van der Waals surface area contributed by atoms with Gasteiger partial charge in [-0.15, -0.1) is 0 Å². The number of rotatable bonds is 3. The van der Waals surface area contributed by atoms with Crippen LogP contribution < -0.4 is 0 Å². The van der Waals surface area contributed by atoms with Gasteiger partial charge in [0.25, 0.3) is 5.91 Å². The Morgan fingerprint density at radius 1 is 1.23 bits per heavy atom. The molecule has 0 bridgehead atoms. The van der Waals surface area contributed by atoms with E-state index < -0.39 is 24.1 Å². The van der Waals surface area contributed by atoms with Crippen molar-refractivity contribution < 1.29 is 24.5 Å². The van der Waals surface area contributed by atoms with Gasteiger partial charge in [0.15, 0.2) is 12.2 Å². The molecule has 0 aliphatic rings. The van der Waals surface area contributed by atoms with Gasteiger partial charge in [0.2, 0.25) is 0 Å². The first-order chi connectivity index (χ1) is 5.91. The maximum Gasteiger partial charge on any atom is 0.338 e. The molecule has 0 aromatic rings. The molecule has 0 rings (SSSR count). The van der Waals surface area contributed by atoms with Crippen molar-refractivity contribution in [1.29, 1.82) is 0 Å². The Balaban J connectivity index is 4.33. The van der Waals surface area contributed by atoms with Crippen molar-refractivity contribution in [2.75, 3.05) is 21.2 Å². The molecule has 0 fully saturated rings. The number of hydrogen-bond acceptors (Lipinski definition) is 5. The lowest BCUT2D eigenvalue weighted by atomic mass is 10.2. The third-order valence-electron chi connectivity index (χ3n) is 1.44. The maximum atomic E-state index is 11.0. The number of aliphatic hydroxyl groups is 2. The van der Waals surface area contributed by atoms with Gasteiger partial charge in [-0.25, -0.2) is 4.79 Å². The summed E-state index contributed by atoms with van der Waals surface area (Å²) in [6.07, 6.45) is -3.61. The Morgan fingerprint density at radius 2 is 1.69 bits per heavy atom. The molecule has 13 heavy (non-hydrogen) atoms. The number of amides is 1. The smallest absolute Gasteiger partial charge is 0.338 e. The molecule has 0 saturated carbocycles. The first-order valence-corrected chi connectivity index (χ1v) is 3.57. The van der Waals surface area contributed by atoms with Crippen molar-refractivity contribution in [2.24, 2.45) is 0 Å². The Kier molecular flexibility index (Phi) is 4.36. The number of nitrogens with zero attached hydrogens (tertiary/aromatic N) is 1. The van der Waals surface area contributed by atoms with Crippen molar-refractivity contribution in [2.45, 2.75) is 12.2 Å². The molecule has 0 aliphatic heterocycles. The first-order valence-electron chi connectivity index (χ1n) is 3.57. The molecule has 76 valence electrons. The lowest BCUT2D eigenvalue weighted by Crippen LogP contribution is -2.45. The van der Waals surface area contributed by atoms with Crippen LogP contribution >= 0.6 is 0 Å². The van der Waals surface area contributed by atoms with Crippen LogP contribution in [0.4, 0.5) is 0 Å². The van der Waals surface area contributed by atoms with Gasteiger partial charge in [-0.05, 0) is 0 Å². The summed E-state index contributed by atoms with van der Waals surface area (Å²) in [7, 11) is 3.85. The highest BCUT2D eigenvalue weighted by Gasteiger charge is 2.31. The molecule has 0 unspecified atom stereocenters. The Hall–Kier alpha value is -1.14. The minimum absolute atomic E-state index is 0.752. The molecule has 0 spiro atoms. The second-order valence-electron chi connectivity index (χ2n) is 2.65. The summed E-state index contributed by atoms with van der Waals surface area (Å²) < 4.78 is 4.14. The van der Waals surface area contributed by atoms with Crippen molar-refractivity contribution in [3.05, 3.63) is 0 Å². The average molecular weight is 191 g/mol. The molecule has 2 N–H and O–H groups in total. The predicted molar refractivity (Wildman–Crippen MR) is 42.7 cm³/mol. The summed E-state index contributed by atoms with van der Waals surface area (Å²) in [4.78, 5) is 22.8. The number of methoxy groups -OCH3 is 1. The summed E-state index contributed by atoms with van der Waals surface area (Å²) in [6, 6.07) is 0. The Labute approximate surface area is 75.7 Å². The fourth-order valence-corrected chi connectivity index (χ4v) is 0.649. The zero-order valence-corrected chi connectivity index (χ0v) is 7.72. The highest BCUT2D eigenvalue weighted by atomic mass is 16.5. The highest BCUT2D eigenvalue weighted by molar-refractivity contribution is 5.88. The molecule has 6 nitrogen and oxygen atoms in total. The SMILES string of the molecule is COC(=O)[C@H](O)[C@@H](O)C(=O)N(C)C. The normalized spacial score (nSPS) is 14.5. The van der Waals surface area contributed by atoms with Crippen LogP contribution in [0, 0.1) is 0 Å². The number of hydrogen-bond donors (Lipinski definition) is 2. The van der Waals surface area contributed by atoms with E-state index in [4.69, 9.17) is 10.2 Å². The summed E-state index contributed by atoms with van der Waals surface area (Å²) in [5, 5.41) is 18.1. The number of carbonyl (C=O) groups is 2. The number of ether oxygens (including phenoxy) is 1. The van der Waals surface area contributed by atoms with Crippen LogP contribution in [0.3, 0.4) is 0 Å². The van der Waals surface area contributed by atoms with Crippen molar-refractivity contribution in [3.63, 3.8) is 0 Å². The zero-order valence-electron chi connectivity index (χ0n) is 7.72. The van der Waals surface area contributed by atoms with Crippen LogP contribution in [-0.4, -0.2) is 60.4 Å². The van der Waals surface area contributed by atoms with E-state index in [-0.39, 0.29) is 0 Å². The van der Waals surface area contributed by atoms with E-state index in [0.717, 1.165) is 12.0 Å². The molecule has 0 radical (unpaired) electrons. The van der Waals surface area contributed by atoms with Gasteiger partial charge in [-0.2, -0.15) is 0 Å². The molecule has 0 aromatic heterocycles. The Morgan fingerprint density at radius 3 is 2.00 bits per heavy atom. The van der Waals surface area contributed by atoms with Gasteiger partial charge < -0.3 is 19.8 Å². The number of esters is 1. The second kappa shape index (κ2) is 4.78. The third kappa shape index (κ3) is 3.00. The zero-order chi connectivity index (χ0) is 10.6. The molecule has 0 aliphatic carbocycles. The molecule has 0 heterocycles. The van der Waals surface area contributed by atoms with Crippen LogP contribution in [0.1, 0.15) is 0 Å². The fourth-order valence-electron chi connectivity index (χ4n) is 0.649. The van der Waals surface area contributed by atoms with Crippen molar-refractivity contribution in [3.8, 4) is 0 Å². The molecule has 2 atom stereocenters. The second-order valence-corrected chi connectivity index (χ2v) is 2.65. The van der Waals surface area contributed by atoms with Crippen LogP contribution in [0.25, 0.3) is 0 Å². The Bertz CT molecular complexity index is 203. The van der Waals surface area contributed by atoms with Gasteiger partial charge >= 0.3 is 5.97 Å². The average Bonchev–Trinajstić information content (AvgIpc) is 2.12. The summed E-state index contributed by atoms with van der Waals surface area (Å²) in [5.74, 6) is -1.79. The molecule has 0 saturated heterocycles. The van der Waals surface area contributed by atoms with Crippen molar-refractivity contribution >= 4 is 11.9 Å². The van der Waals surface area contributed by atoms with E-state index in [2.05, 4.69) is 4.74 Å². The summed E-state index contributed by atoms with van der Waals surface area (Å²) in [5.41, 5.74) is 0. The molecule has 0 aromatic carbocycles. The lowest BCUT2D eigenvalue weighted by Gasteiger charge is -2.18. The molecule has 6 heteroatoms. The summed E-state index contributed by atoms with van der Waals surface area (Å²) >= 11 is 0. The fraction of sp³-hybridized carbons (Fsp3) is 0.714. The minimum Gasteiger partial charge on any atom is -0.467 e. The van der Waals surface area contributed by atoms with E-state index in [1.165, 1.54) is 14.1 Å².